The molecule has 0 radical (unpaired) electrons. The highest BCUT2D eigenvalue weighted by atomic mass is 19.1. The van der Waals surface area contributed by atoms with Crippen LogP contribution in [0.5, 0.6) is 0 Å². The van der Waals surface area contributed by atoms with Gasteiger partial charge in [0.15, 0.2) is 0 Å². The molecule has 102 valence electrons. The summed E-state index contributed by atoms with van der Waals surface area (Å²) < 4.78 is 13.6. The zero-order valence-electron chi connectivity index (χ0n) is 10.5. The van der Waals surface area contributed by atoms with Gasteiger partial charge in [0.25, 0.3) is 5.91 Å². The van der Waals surface area contributed by atoms with Crippen LogP contribution in [0.3, 0.4) is 0 Å². The number of carbonyl (C=O) groups is 2. The summed E-state index contributed by atoms with van der Waals surface area (Å²) in [5.74, 6) is -1.78. The van der Waals surface area contributed by atoms with E-state index in [1.807, 2.05) is 0 Å². The third-order valence-electron chi connectivity index (χ3n) is 3.37. The molecule has 2 rings (SSSR count). The Bertz CT molecular complexity index is 489. The molecule has 0 aliphatic carbocycles. The van der Waals surface area contributed by atoms with Crippen LogP contribution in [0.15, 0.2) is 24.3 Å². The molecule has 1 aliphatic heterocycles. The topological polar surface area (TPSA) is 57.6 Å². The summed E-state index contributed by atoms with van der Waals surface area (Å²) in [6.07, 6.45) is 1.62. The minimum absolute atomic E-state index is 0.0398. The number of rotatable bonds is 3. The Morgan fingerprint density at radius 2 is 2.11 bits per heavy atom. The number of carboxylic acids is 1. The quantitative estimate of drug-likeness (QED) is 0.911. The highest BCUT2D eigenvalue weighted by Gasteiger charge is 2.26. The molecule has 1 unspecified atom stereocenters. The van der Waals surface area contributed by atoms with E-state index >= 15 is 0 Å². The Morgan fingerprint density at radius 3 is 2.79 bits per heavy atom. The van der Waals surface area contributed by atoms with E-state index in [-0.39, 0.29) is 23.8 Å². The SMILES string of the molecule is O=C(O)CC1CCCN(C(=O)c2ccccc2F)C1. The lowest BCUT2D eigenvalue weighted by molar-refractivity contribution is -0.138. The fraction of sp³-hybridized carbons (Fsp3) is 0.429. The summed E-state index contributed by atoms with van der Waals surface area (Å²) in [6, 6.07) is 5.87. The molecule has 0 saturated carbocycles. The molecular formula is C14H16FNO3. The number of benzene rings is 1. The van der Waals surface area contributed by atoms with E-state index in [2.05, 4.69) is 0 Å². The van der Waals surface area contributed by atoms with Crippen molar-refractivity contribution in [3.05, 3.63) is 35.6 Å². The third-order valence-corrected chi connectivity index (χ3v) is 3.37. The van der Waals surface area contributed by atoms with Gasteiger partial charge in [-0.25, -0.2) is 4.39 Å². The summed E-state index contributed by atoms with van der Waals surface area (Å²) >= 11 is 0. The third kappa shape index (κ3) is 3.30. The van der Waals surface area contributed by atoms with Gasteiger partial charge < -0.3 is 10.0 Å². The first-order chi connectivity index (χ1) is 9.08. The predicted molar refractivity (Wildman–Crippen MR) is 67.3 cm³/mol. The largest absolute Gasteiger partial charge is 0.481 e. The summed E-state index contributed by atoms with van der Waals surface area (Å²) in [6.45, 7) is 0.947. The van der Waals surface area contributed by atoms with Gasteiger partial charge in [-0.05, 0) is 30.9 Å². The van der Waals surface area contributed by atoms with E-state index in [4.69, 9.17) is 5.11 Å². The van der Waals surface area contributed by atoms with E-state index in [9.17, 15) is 14.0 Å². The molecular weight excluding hydrogens is 249 g/mol. The molecule has 1 aromatic rings. The summed E-state index contributed by atoms with van der Waals surface area (Å²) in [7, 11) is 0. The number of hydrogen-bond donors (Lipinski definition) is 1. The number of piperidine rings is 1. The maximum atomic E-state index is 13.6. The summed E-state index contributed by atoms with van der Waals surface area (Å²) in [4.78, 5) is 24.4. The van der Waals surface area contributed by atoms with Gasteiger partial charge >= 0.3 is 5.97 Å². The molecule has 1 aliphatic rings. The van der Waals surface area contributed by atoms with Crippen molar-refractivity contribution in [2.75, 3.05) is 13.1 Å². The lowest BCUT2D eigenvalue weighted by Crippen LogP contribution is -2.40. The normalized spacial score (nSPS) is 19.2. The summed E-state index contributed by atoms with van der Waals surface area (Å²) in [5.41, 5.74) is 0.0541. The first kappa shape index (κ1) is 13.5. The molecule has 0 bridgehead atoms. The number of hydrogen-bond acceptors (Lipinski definition) is 2. The molecule has 1 heterocycles. The van der Waals surface area contributed by atoms with Crippen molar-refractivity contribution in [3.8, 4) is 0 Å². The molecule has 0 aromatic heterocycles. The van der Waals surface area contributed by atoms with Crippen LogP contribution in [0.4, 0.5) is 4.39 Å². The maximum Gasteiger partial charge on any atom is 0.303 e. The summed E-state index contributed by atoms with van der Waals surface area (Å²) in [5, 5.41) is 8.79. The second kappa shape index (κ2) is 5.82. The van der Waals surface area contributed by atoms with Gasteiger partial charge in [-0.1, -0.05) is 12.1 Å². The highest BCUT2D eigenvalue weighted by Crippen LogP contribution is 2.22. The molecule has 0 spiro atoms. The van der Waals surface area contributed by atoms with E-state index < -0.39 is 11.8 Å². The van der Waals surface area contributed by atoms with Crippen LogP contribution in [-0.4, -0.2) is 35.0 Å². The smallest absolute Gasteiger partial charge is 0.303 e. The van der Waals surface area contributed by atoms with Crippen molar-refractivity contribution in [2.24, 2.45) is 5.92 Å². The van der Waals surface area contributed by atoms with Crippen LogP contribution in [0.2, 0.25) is 0 Å². The van der Waals surface area contributed by atoms with Crippen LogP contribution >= 0.6 is 0 Å². The lowest BCUT2D eigenvalue weighted by atomic mass is 9.94. The molecule has 5 heteroatoms. The Labute approximate surface area is 110 Å². The zero-order chi connectivity index (χ0) is 13.8. The number of carbonyl (C=O) groups excluding carboxylic acids is 1. The first-order valence-electron chi connectivity index (χ1n) is 6.33. The fourth-order valence-corrected chi connectivity index (χ4v) is 2.47. The molecule has 1 N–H and O–H groups in total. The molecule has 1 aromatic carbocycles. The zero-order valence-corrected chi connectivity index (χ0v) is 10.5. The molecule has 1 atom stereocenters. The lowest BCUT2D eigenvalue weighted by Gasteiger charge is -2.32. The second-order valence-electron chi connectivity index (χ2n) is 4.84. The Hall–Kier alpha value is -1.91. The monoisotopic (exact) mass is 265 g/mol. The van der Waals surface area contributed by atoms with Crippen molar-refractivity contribution >= 4 is 11.9 Å². The minimum atomic E-state index is -0.856. The molecule has 1 amide bonds. The van der Waals surface area contributed by atoms with Crippen molar-refractivity contribution in [1.82, 2.24) is 4.90 Å². The van der Waals surface area contributed by atoms with Crippen LogP contribution in [-0.2, 0) is 4.79 Å². The van der Waals surface area contributed by atoms with E-state index in [1.54, 1.807) is 11.0 Å². The first-order valence-corrected chi connectivity index (χ1v) is 6.33. The van der Waals surface area contributed by atoms with Gasteiger partial charge in [-0.2, -0.15) is 0 Å². The van der Waals surface area contributed by atoms with Gasteiger partial charge in [0.05, 0.1) is 5.56 Å². The Morgan fingerprint density at radius 1 is 1.37 bits per heavy atom. The van der Waals surface area contributed by atoms with Gasteiger partial charge in [0.2, 0.25) is 0 Å². The number of likely N-dealkylation sites (tertiary alicyclic amines) is 1. The van der Waals surface area contributed by atoms with Crippen LogP contribution < -0.4 is 0 Å². The van der Waals surface area contributed by atoms with Crippen molar-refractivity contribution in [1.29, 1.82) is 0 Å². The van der Waals surface area contributed by atoms with E-state index in [1.165, 1.54) is 18.2 Å². The number of carboxylic acid groups (broad SMARTS) is 1. The van der Waals surface area contributed by atoms with Crippen LogP contribution in [0, 0.1) is 11.7 Å². The number of aliphatic carboxylic acids is 1. The molecule has 19 heavy (non-hydrogen) atoms. The van der Waals surface area contributed by atoms with Gasteiger partial charge in [0, 0.05) is 19.5 Å². The minimum Gasteiger partial charge on any atom is -0.481 e. The van der Waals surface area contributed by atoms with Crippen LogP contribution in [0.25, 0.3) is 0 Å². The number of halogens is 1. The number of nitrogens with zero attached hydrogens (tertiary/aromatic N) is 1. The molecule has 1 fully saturated rings. The van der Waals surface area contributed by atoms with E-state index in [0.717, 1.165) is 12.8 Å². The van der Waals surface area contributed by atoms with Gasteiger partial charge in [-0.15, -0.1) is 0 Å². The van der Waals surface area contributed by atoms with Crippen molar-refractivity contribution in [3.63, 3.8) is 0 Å². The van der Waals surface area contributed by atoms with Gasteiger partial charge in [-0.3, -0.25) is 9.59 Å². The Balaban J connectivity index is 2.07. The maximum absolute atomic E-state index is 13.6. The molecule has 1 saturated heterocycles. The second-order valence-corrected chi connectivity index (χ2v) is 4.84. The molecule has 4 nitrogen and oxygen atoms in total. The average molecular weight is 265 g/mol. The average Bonchev–Trinajstić information content (AvgIpc) is 2.38. The predicted octanol–water partition coefficient (Wildman–Crippen LogP) is 2.15. The highest BCUT2D eigenvalue weighted by molar-refractivity contribution is 5.94. The van der Waals surface area contributed by atoms with E-state index in [0.29, 0.717) is 13.1 Å². The number of amides is 1. The fourth-order valence-electron chi connectivity index (χ4n) is 2.47. The Kier molecular flexibility index (Phi) is 4.14. The van der Waals surface area contributed by atoms with Crippen molar-refractivity contribution < 1.29 is 19.1 Å². The van der Waals surface area contributed by atoms with Crippen molar-refractivity contribution in [2.45, 2.75) is 19.3 Å². The van der Waals surface area contributed by atoms with Gasteiger partial charge in [0.1, 0.15) is 5.82 Å². The van der Waals surface area contributed by atoms with Crippen LogP contribution in [0.1, 0.15) is 29.6 Å². The standard InChI is InChI=1S/C14H16FNO3/c15-12-6-2-1-5-11(12)14(19)16-7-3-4-10(9-16)8-13(17)18/h1-2,5-6,10H,3-4,7-9H2,(H,17,18).